The van der Waals surface area contributed by atoms with Crippen LogP contribution in [-0.4, -0.2) is 40.9 Å². The van der Waals surface area contributed by atoms with Crippen LogP contribution in [0.4, 0.5) is 5.95 Å². The molecule has 0 spiro atoms. The first-order valence-corrected chi connectivity index (χ1v) is 11.0. The molecule has 1 saturated heterocycles. The molecule has 6 nitrogen and oxygen atoms in total. The highest BCUT2D eigenvalue weighted by Gasteiger charge is 2.28. The molecule has 1 N–H and O–H groups in total. The van der Waals surface area contributed by atoms with Gasteiger partial charge in [-0.25, -0.2) is 23.4 Å². The van der Waals surface area contributed by atoms with Gasteiger partial charge < -0.3 is 5.32 Å². The van der Waals surface area contributed by atoms with Crippen LogP contribution in [0.1, 0.15) is 6.42 Å². The number of rotatable bonds is 4. The molecule has 9 heteroatoms. The van der Waals surface area contributed by atoms with Crippen LogP contribution < -0.4 is 5.32 Å². The number of aromatic nitrogens is 3. The van der Waals surface area contributed by atoms with Crippen molar-refractivity contribution in [2.24, 2.45) is 0 Å². The first kappa shape index (κ1) is 15.7. The van der Waals surface area contributed by atoms with E-state index in [1.807, 2.05) is 22.9 Å². The van der Waals surface area contributed by atoms with E-state index in [4.69, 9.17) is 0 Å². The van der Waals surface area contributed by atoms with Gasteiger partial charge in [-0.1, -0.05) is 6.07 Å². The highest BCUT2D eigenvalue weighted by Crippen LogP contribution is 2.34. The minimum Gasteiger partial charge on any atom is -0.350 e. The van der Waals surface area contributed by atoms with Gasteiger partial charge in [-0.3, -0.25) is 0 Å². The zero-order valence-electron chi connectivity index (χ0n) is 12.5. The van der Waals surface area contributed by atoms with Gasteiger partial charge in [0.1, 0.15) is 10.7 Å². The Balaban J connectivity index is 1.69. The van der Waals surface area contributed by atoms with Gasteiger partial charge in [-0.05, 0) is 17.9 Å². The Kier molecular flexibility index (Phi) is 4.07. The maximum Gasteiger partial charge on any atom is 0.223 e. The predicted molar refractivity (Wildman–Crippen MR) is 97.1 cm³/mol. The summed E-state index contributed by atoms with van der Waals surface area (Å²) < 4.78 is 23.2. The van der Waals surface area contributed by atoms with Crippen LogP contribution in [0.2, 0.25) is 0 Å². The van der Waals surface area contributed by atoms with E-state index < -0.39 is 9.84 Å². The fourth-order valence-electron chi connectivity index (χ4n) is 2.66. The zero-order valence-corrected chi connectivity index (χ0v) is 15.0. The Morgan fingerprint density at radius 2 is 2.12 bits per heavy atom. The van der Waals surface area contributed by atoms with E-state index in [0.29, 0.717) is 12.4 Å². The highest BCUT2D eigenvalue weighted by atomic mass is 32.2. The van der Waals surface area contributed by atoms with Crippen LogP contribution in [0.5, 0.6) is 0 Å². The standard InChI is InChI=1S/C15H14N4O2S3/c20-24(21)7-3-10(9-24)18-15-17-8-11(12-2-1-5-22-12)13(19-15)14-16-4-6-23-14/h1-2,4-6,8,10H,3,7,9H2,(H,17,18,19)/t10-/m0/s1. The van der Waals surface area contributed by atoms with Crippen LogP contribution in [0.15, 0.2) is 35.3 Å². The molecule has 124 valence electrons. The Bertz CT molecular complexity index is 937. The molecule has 0 aromatic carbocycles. The third-order valence-corrected chi connectivity index (χ3v) is 7.23. The maximum atomic E-state index is 11.6. The second-order valence-corrected chi connectivity index (χ2v) is 9.59. The number of hydrogen-bond donors (Lipinski definition) is 1. The molecule has 1 aliphatic heterocycles. The summed E-state index contributed by atoms with van der Waals surface area (Å²) >= 11 is 3.14. The van der Waals surface area contributed by atoms with Gasteiger partial charge in [0.05, 0.1) is 11.5 Å². The first-order valence-electron chi connectivity index (χ1n) is 7.38. The van der Waals surface area contributed by atoms with Crippen molar-refractivity contribution in [3.63, 3.8) is 0 Å². The van der Waals surface area contributed by atoms with Crippen LogP contribution in [0, 0.1) is 0 Å². The number of hydrogen-bond acceptors (Lipinski definition) is 8. The molecule has 0 aliphatic carbocycles. The summed E-state index contributed by atoms with van der Waals surface area (Å²) in [4.78, 5) is 14.4. The van der Waals surface area contributed by atoms with Crippen molar-refractivity contribution in [2.75, 3.05) is 16.8 Å². The van der Waals surface area contributed by atoms with Crippen molar-refractivity contribution in [1.29, 1.82) is 0 Å². The molecule has 0 saturated carbocycles. The number of anilines is 1. The number of sulfone groups is 1. The summed E-state index contributed by atoms with van der Waals surface area (Å²) in [6.07, 6.45) is 4.11. The van der Waals surface area contributed by atoms with Crippen LogP contribution in [0.25, 0.3) is 21.1 Å². The lowest BCUT2D eigenvalue weighted by atomic mass is 10.2. The summed E-state index contributed by atoms with van der Waals surface area (Å²) in [5, 5.41) is 7.89. The average molecular weight is 379 g/mol. The van der Waals surface area contributed by atoms with Gasteiger partial charge in [0.25, 0.3) is 0 Å². The third kappa shape index (κ3) is 3.19. The van der Waals surface area contributed by atoms with E-state index in [1.54, 1.807) is 23.7 Å². The van der Waals surface area contributed by atoms with Gasteiger partial charge in [0.15, 0.2) is 9.84 Å². The fourth-order valence-corrected chi connectivity index (χ4v) is 5.71. The summed E-state index contributed by atoms with van der Waals surface area (Å²) in [6, 6.07) is 3.88. The van der Waals surface area contributed by atoms with Crippen LogP contribution in [0.3, 0.4) is 0 Å². The molecule has 0 amide bonds. The summed E-state index contributed by atoms with van der Waals surface area (Å²) in [5.74, 6) is 0.801. The van der Waals surface area contributed by atoms with Gasteiger partial charge >= 0.3 is 0 Å². The van der Waals surface area contributed by atoms with Crippen molar-refractivity contribution < 1.29 is 8.42 Å². The molecule has 0 radical (unpaired) electrons. The van der Waals surface area contributed by atoms with Gasteiger partial charge in [0.2, 0.25) is 5.95 Å². The molecule has 0 bridgehead atoms. The predicted octanol–water partition coefficient (Wildman–Crippen LogP) is 2.93. The van der Waals surface area contributed by atoms with Gasteiger partial charge in [0, 0.05) is 34.3 Å². The van der Waals surface area contributed by atoms with Crippen LogP contribution in [-0.2, 0) is 9.84 Å². The Morgan fingerprint density at radius 3 is 2.79 bits per heavy atom. The van der Waals surface area contributed by atoms with E-state index in [0.717, 1.165) is 21.1 Å². The van der Waals surface area contributed by atoms with Crippen molar-refractivity contribution in [1.82, 2.24) is 15.0 Å². The monoisotopic (exact) mass is 378 g/mol. The maximum absolute atomic E-state index is 11.6. The van der Waals surface area contributed by atoms with Gasteiger partial charge in [-0.15, -0.1) is 22.7 Å². The molecule has 3 aromatic rings. The molecule has 1 atom stereocenters. The topological polar surface area (TPSA) is 84.8 Å². The normalized spacial score (nSPS) is 19.4. The van der Waals surface area contributed by atoms with Gasteiger partial charge in [-0.2, -0.15) is 0 Å². The molecule has 4 heterocycles. The Morgan fingerprint density at radius 1 is 1.21 bits per heavy atom. The Labute approximate surface area is 147 Å². The summed E-state index contributed by atoms with van der Waals surface area (Å²) in [6.45, 7) is 0. The SMILES string of the molecule is O=S1(=O)CC[C@H](Nc2ncc(-c3cccs3)c(-c3nccs3)n2)C1. The lowest BCUT2D eigenvalue weighted by Crippen LogP contribution is -2.22. The minimum atomic E-state index is -2.94. The molecule has 0 unspecified atom stereocenters. The number of thiophene rings is 1. The fraction of sp³-hybridized carbons (Fsp3) is 0.267. The van der Waals surface area contributed by atoms with E-state index in [1.165, 1.54) is 11.3 Å². The molecule has 1 aliphatic rings. The smallest absolute Gasteiger partial charge is 0.223 e. The van der Waals surface area contributed by atoms with Crippen molar-refractivity contribution in [3.8, 4) is 21.1 Å². The second kappa shape index (κ2) is 6.23. The largest absolute Gasteiger partial charge is 0.350 e. The molecular weight excluding hydrogens is 364 g/mol. The summed E-state index contributed by atoms with van der Waals surface area (Å²) in [5.41, 5.74) is 1.70. The minimum absolute atomic E-state index is 0.133. The van der Waals surface area contributed by atoms with E-state index in [2.05, 4.69) is 20.3 Å². The molecule has 4 rings (SSSR count). The molecule has 3 aromatic heterocycles. The third-order valence-electron chi connectivity index (χ3n) is 3.78. The highest BCUT2D eigenvalue weighted by molar-refractivity contribution is 7.91. The molecule has 1 fully saturated rings. The second-order valence-electron chi connectivity index (χ2n) is 5.51. The van der Waals surface area contributed by atoms with Crippen LogP contribution >= 0.6 is 22.7 Å². The average Bonchev–Trinajstić information content (AvgIpc) is 3.29. The van der Waals surface area contributed by atoms with Crippen molar-refractivity contribution >= 4 is 38.5 Å². The number of thiazole rings is 1. The van der Waals surface area contributed by atoms with Crippen molar-refractivity contribution in [2.45, 2.75) is 12.5 Å². The van der Waals surface area contributed by atoms with E-state index in [9.17, 15) is 8.42 Å². The lowest BCUT2D eigenvalue weighted by Gasteiger charge is -2.12. The Hall–Kier alpha value is -1.84. The number of nitrogens with zero attached hydrogens (tertiary/aromatic N) is 3. The quantitative estimate of drug-likeness (QED) is 0.751. The lowest BCUT2D eigenvalue weighted by molar-refractivity contribution is 0.602. The van der Waals surface area contributed by atoms with E-state index >= 15 is 0 Å². The number of nitrogens with one attached hydrogen (secondary N) is 1. The zero-order chi connectivity index (χ0) is 16.6. The van der Waals surface area contributed by atoms with E-state index in [-0.39, 0.29) is 17.5 Å². The molecule has 24 heavy (non-hydrogen) atoms. The summed E-state index contributed by atoms with van der Waals surface area (Å²) in [7, 11) is -2.94. The first-order chi connectivity index (χ1) is 11.6. The van der Waals surface area contributed by atoms with Crippen molar-refractivity contribution in [3.05, 3.63) is 35.3 Å². The molecular formula is C15H14N4O2S3.